The van der Waals surface area contributed by atoms with Gasteiger partial charge < -0.3 is 4.90 Å². The molecule has 2 saturated heterocycles. The van der Waals surface area contributed by atoms with E-state index in [1.165, 1.54) is 4.31 Å². The number of rotatable bonds is 3. The molecular weight excluding hydrogens is 378 g/mol. The monoisotopic (exact) mass is 403 g/mol. The zero-order valence-corrected chi connectivity index (χ0v) is 16.8. The molecule has 2 fully saturated rings. The lowest BCUT2D eigenvalue weighted by Gasteiger charge is -2.31. The molecule has 4 rings (SSSR count). The van der Waals surface area contributed by atoms with Crippen molar-refractivity contribution < 1.29 is 13.2 Å². The van der Waals surface area contributed by atoms with Gasteiger partial charge >= 0.3 is 0 Å². The maximum Gasteiger partial charge on any atom is 0.253 e. The Hall–Kier alpha value is -2.42. The second-order valence-electron chi connectivity index (χ2n) is 7.49. The van der Waals surface area contributed by atoms with Crippen LogP contribution in [0.2, 0.25) is 0 Å². The van der Waals surface area contributed by atoms with Gasteiger partial charge in [-0.2, -0.15) is 5.10 Å². The molecule has 1 N–H and O–H groups in total. The zero-order valence-electron chi connectivity index (χ0n) is 16.0. The number of hydrogen-bond acceptors (Lipinski definition) is 5. The van der Waals surface area contributed by atoms with Crippen LogP contribution < -0.4 is 4.31 Å². The van der Waals surface area contributed by atoms with Crippen LogP contribution in [0.5, 0.6) is 0 Å². The third kappa shape index (κ3) is 3.76. The number of aryl methyl sites for hydroxylation is 1. The molecule has 0 bridgehead atoms. The largest absolute Gasteiger partial charge is 0.339 e. The summed E-state index contributed by atoms with van der Waals surface area (Å²) in [6.07, 6.45) is 3.18. The highest BCUT2D eigenvalue weighted by Crippen LogP contribution is 2.28. The van der Waals surface area contributed by atoms with Crippen molar-refractivity contribution >= 4 is 21.6 Å². The fraction of sp³-hybridized carbons (Fsp3) is 0.526. The summed E-state index contributed by atoms with van der Waals surface area (Å²) < 4.78 is 26.1. The third-order valence-corrected chi connectivity index (χ3v) is 7.36. The molecule has 2 aliphatic rings. The summed E-state index contributed by atoms with van der Waals surface area (Å²) in [6, 6.07) is 6.98. The lowest BCUT2D eigenvalue weighted by atomic mass is 9.95. The lowest BCUT2D eigenvalue weighted by molar-refractivity contribution is 0.0711. The van der Waals surface area contributed by atoms with E-state index in [2.05, 4.69) is 15.2 Å². The number of benzene rings is 1. The van der Waals surface area contributed by atoms with Gasteiger partial charge in [-0.05, 0) is 50.8 Å². The first-order valence-corrected chi connectivity index (χ1v) is 11.3. The quantitative estimate of drug-likeness (QED) is 0.846. The van der Waals surface area contributed by atoms with Crippen LogP contribution in [-0.4, -0.2) is 59.8 Å². The van der Waals surface area contributed by atoms with E-state index in [-0.39, 0.29) is 17.6 Å². The number of aromatic nitrogens is 3. The molecule has 3 heterocycles. The summed E-state index contributed by atoms with van der Waals surface area (Å²) in [4.78, 5) is 19.2. The van der Waals surface area contributed by atoms with Crippen LogP contribution in [0.1, 0.15) is 53.6 Å². The summed E-state index contributed by atoms with van der Waals surface area (Å²) in [5.74, 6) is 2.00. The predicted molar refractivity (Wildman–Crippen MR) is 106 cm³/mol. The third-order valence-electron chi connectivity index (χ3n) is 5.49. The van der Waals surface area contributed by atoms with Crippen molar-refractivity contribution in [2.24, 2.45) is 0 Å². The number of anilines is 1. The normalized spacial score (nSPS) is 20.3. The fourth-order valence-electron chi connectivity index (χ4n) is 3.94. The van der Waals surface area contributed by atoms with Gasteiger partial charge in [-0.3, -0.25) is 14.2 Å². The first-order chi connectivity index (χ1) is 13.4. The molecule has 0 spiro atoms. The van der Waals surface area contributed by atoms with Crippen molar-refractivity contribution in [2.45, 2.75) is 38.5 Å². The summed E-state index contributed by atoms with van der Waals surface area (Å²) >= 11 is 0. The first-order valence-electron chi connectivity index (χ1n) is 9.73. The minimum atomic E-state index is -3.29. The smallest absolute Gasteiger partial charge is 0.253 e. The van der Waals surface area contributed by atoms with E-state index in [1.54, 1.807) is 24.3 Å². The van der Waals surface area contributed by atoms with E-state index in [4.69, 9.17) is 0 Å². The molecule has 1 aromatic heterocycles. The number of nitrogens with zero attached hydrogens (tertiary/aromatic N) is 4. The molecule has 0 saturated carbocycles. The van der Waals surface area contributed by atoms with Crippen LogP contribution >= 0.6 is 0 Å². The molecule has 28 heavy (non-hydrogen) atoms. The number of carbonyl (C=O) groups is 1. The Kier molecular flexibility index (Phi) is 5.09. The van der Waals surface area contributed by atoms with E-state index in [0.29, 0.717) is 37.3 Å². The highest BCUT2D eigenvalue weighted by molar-refractivity contribution is 7.92. The Morgan fingerprint density at radius 1 is 1.18 bits per heavy atom. The topological polar surface area (TPSA) is 99.3 Å². The van der Waals surface area contributed by atoms with Crippen LogP contribution in [0, 0.1) is 6.92 Å². The van der Waals surface area contributed by atoms with Gasteiger partial charge in [0.2, 0.25) is 10.0 Å². The predicted octanol–water partition coefficient (Wildman–Crippen LogP) is 2.06. The van der Waals surface area contributed by atoms with Crippen LogP contribution in [0.15, 0.2) is 24.3 Å². The maximum absolute atomic E-state index is 13.0. The molecule has 150 valence electrons. The van der Waals surface area contributed by atoms with Crippen molar-refractivity contribution in [3.05, 3.63) is 41.5 Å². The van der Waals surface area contributed by atoms with E-state index in [1.807, 2.05) is 11.8 Å². The van der Waals surface area contributed by atoms with Crippen molar-refractivity contribution in [1.29, 1.82) is 0 Å². The zero-order chi connectivity index (χ0) is 19.7. The number of H-pyrrole nitrogens is 1. The maximum atomic E-state index is 13.0. The number of amides is 1. The van der Waals surface area contributed by atoms with Crippen molar-refractivity contribution in [1.82, 2.24) is 20.1 Å². The molecule has 0 radical (unpaired) electrons. The van der Waals surface area contributed by atoms with Crippen LogP contribution in [0.4, 0.5) is 5.69 Å². The summed E-state index contributed by atoms with van der Waals surface area (Å²) in [5.41, 5.74) is 1.11. The van der Waals surface area contributed by atoms with E-state index >= 15 is 0 Å². The van der Waals surface area contributed by atoms with E-state index < -0.39 is 10.0 Å². The molecule has 0 aliphatic carbocycles. The van der Waals surface area contributed by atoms with Gasteiger partial charge in [-0.15, -0.1) is 0 Å². The molecule has 1 aromatic carbocycles. The van der Waals surface area contributed by atoms with Crippen molar-refractivity contribution in [2.75, 3.05) is 29.7 Å². The number of aromatic amines is 1. The van der Waals surface area contributed by atoms with Crippen LogP contribution in [-0.2, 0) is 10.0 Å². The van der Waals surface area contributed by atoms with Crippen molar-refractivity contribution in [3.8, 4) is 0 Å². The standard InChI is InChI=1S/C19H25N5O3S/c1-14-20-18(22-21-14)15-7-10-23(11-8-15)19(25)16-5-4-6-17(13-16)24-9-2-3-12-28(24,26)27/h4-6,13,15H,2-3,7-12H2,1H3,(H,20,21,22). The average molecular weight is 404 g/mol. The Balaban J connectivity index is 1.46. The van der Waals surface area contributed by atoms with Gasteiger partial charge in [0.05, 0.1) is 11.4 Å². The van der Waals surface area contributed by atoms with Gasteiger partial charge in [0.25, 0.3) is 5.91 Å². The molecular formula is C19H25N5O3S. The van der Waals surface area contributed by atoms with Gasteiger partial charge in [0.15, 0.2) is 5.82 Å². The summed E-state index contributed by atoms with van der Waals surface area (Å²) in [7, 11) is -3.29. The molecule has 8 nitrogen and oxygen atoms in total. The number of hydrogen-bond donors (Lipinski definition) is 1. The molecule has 0 atom stereocenters. The van der Waals surface area contributed by atoms with Gasteiger partial charge in [0.1, 0.15) is 5.82 Å². The number of carbonyl (C=O) groups excluding carboxylic acids is 1. The summed E-state index contributed by atoms with van der Waals surface area (Å²) in [5, 5.41) is 7.12. The van der Waals surface area contributed by atoms with Crippen molar-refractivity contribution in [3.63, 3.8) is 0 Å². The number of sulfonamides is 1. The average Bonchev–Trinajstić information content (AvgIpc) is 3.14. The molecule has 2 aliphatic heterocycles. The van der Waals surface area contributed by atoms with Gasteiger partial charge in [-0.25, -0.2) is 13.4 Å². The molecule has 0 unspecified atom stereocenters. The molecule has 1 amide bonds. The fourth-order valence-corrected chi connectivity index (χ4v) is 5.57. The Labute approximate surface area is 165 Å². The number of likely N-dealkylation sites (tertiary alicyclic amines) is 1. The lowest BCUT2D eigenvalue weighted by Crippen LogP contribution is -2.39. The van der Waals surface area contributed by atoms with E-state index in [0.717, 1.165) is 30.9 Å². The van der Waals surface area contributed by atoms with Gasteiger partial charge in [-0.1, -0.05) is 6.07 Å². The summed E-state index contributed by atoms with van der Waals surface area (Å²) in [6.45, 7) is 3.64. The number of piperidine rings is 1. The minimum Gasteiger partial charge on any atom is -0.339 e. The van der Waals surface area contributed by atoms with E-state index in [9.17, 15) is 13.2 Å². The molecule has 9 heteroatoms. The highest BCUT2D eigenvalue weighted by Gasteiger charge is 2.29. The Morgan fingerprint density at radius 2 is 1.96 bits per heavy atom. The highest BCUT2D eigenvalue weighted by atomic mass is 32.2. The Bertz CT molecular complexity index is 963. The Morgan fingerprint density at radius 3 is 2.64 bits per heavy atom. The minimum absolute atomic E-state index is 0.0547. The first kappa shape index (κ1) is 18.9. The van der Waals surface area contributed by atoms with Crippen LogP contribution in [0.25, 0.3) is 0 Å². The van der Waals surface area contributed by atoms with Gasteiger partial charge in [0, 0.05) is 31.1 Å². The number of nitrogens with one attached hydrogen (secondary N) is 1. The molecule has 2 aromatic rings. The SMILES string of the molecule is Cc1nc(C2CCN(C(=O)c3cccc(N4CCCCS4(=O)=O)c3)CC2)n[nH]1. The second kappa shape index (κ2) is 7.54. The van der Waals surface area contributed by atoms with Crippen LogP contribution in [0.3, 0.4) is 0 Å². The second-order valence-corrected chi connectivity index (χ2v) is 9.50.